The fraction of sp³-hybridized carbons (Fsp3) is 0.0952. The van der Waals surface area contributed by atoms with Gasteiger partial charge in [-0.3, -0.25) is 0 Å². The second-order valence-corrected chi connectivity index (χ2v) is 6.08. The maximum absolute atomic E-state index is 13.9. The Morgan fingerprint density at radius 1 is 1.11 bits per heavy atom. The number of esters is 1. The number of hydrogen-bond acceptors (Lipinski definition) is 4. The lowest BCUT2D eigenvalue weighted by Gasteiger charge is -2.07. The van der Waals surface area contributed by atoms with Gasteiger partial charge in [-0.2, -0.15) is 5.10 Å². The number of pyridine rings is 1. The summed E-state index contributed by atoms with van der Waals surface area (Å²) < 4.78 is 20.4. The van der Waals surface area contributed by atoms with Crippen molar-refractivity contribution < 1.29 is 13.9 Å². The van der Waals surface area contributed by atoms with Crippen LogP contribution in [0.25, 0.3) is 22.3 Å². The monoisotopic (exact) mass is 361 g/mol. The molecule has 4 aromatic rings. The molecule has 0 aliphatic rings. The Morgan fingerprint density at radius 3 is 2.70 bits per heavy atom. The minimum Gasteiger partial charge on any atom is -0.465 e. The summed E-state index contributed by atoms with van der Waals surface area (Å²) in [7, 11) is 1.22. The van der Waals surface area contributed by atoms with Gasteiger partial charge in [-0.1, -0.05) is 30.3 Å². The quantitative estimate of drug-likeness (QED) is 0.514. The number of benzene rings is 2. The molecule has 2 aromatic carbocycles. The lowest BCUT2D eigenvalue weighted by atomic mass is 10.1. The van der Waals surface area contributed by atoms with E-state index in [1.165, 1.54) is 19.2 Å². The molecule has 0 saturated carbocycles. The van der Waals surface area contributed by atoms with E-state index in [9.17, 15) is 9.18 Å². The van der Waals surface area contributed by atoms with E-state index < -0.39 is 11.8 Å². The van der Waals surface area contributed by atoms with Gasteiger partial charge in [-0.25, -0.2) is 18.9 Å². The third-order valence-electron chi connectivity index (χ3n) is 4.33. The van der Waals surface area contributed by atoms with Crippen LogP contribution in [0.3, 0.4) is 0 Å². The molecular weight excluding hydrogens is 345 g/mol. The van der Waals surface area contributed by atoms with E-state index in [1.807, 2.05) is 47.1 Å². The van der Waals surface area contributed by atoms with Crippen molar-refractivity contribution in [1.82, 2.24) is 14.8 Å². The molecule has 4 rings (SSSR count). The van der Waals surface area contributed by atoms with Crippen LogP contribution in [-0.4, -0.2) is 27.8 Å². The van der Waals surface area contributed by atoms with Crippen LogP contribution in [0, 0.1) is 5.82 Å². The Hall–Kier alpha value is -3.54. The third-order valence-corrected chi connectivity index (χ3v) is 4.33. The maximum Gasteiger partial charge on any atom is 0.340 e. The Kier molecular flexibility index (Phi) is 4.38. The van der Waals surface area contributed by atoms with Gasteiger partial charge in [0.15, 0.2) is 5.65 Å². The molecule has 0 fully saturated rings. The number of aromatic nitrogens is 3. The highest BCUT2D eigenvalue weighted by molar-refractivity contribution is 5.91. The molecule has 0 N–H and O–H groups in total. The van der Waals surface area contributed by atoms with E-state index in [1.54, 1.807) is 12.3 Å². The van der Waals surface area contributed by atoms with Crippen LogP contribution in [0.5, 0.6) is 0 Å². The second-order valence-electron chi connectivity index (χ2n) is 6.08. The molecule has 0 atom stereocenters. The number of carbonyl (C=O) groups is 1. The summed E-state index contributed by atoms with van der Waals surface area (Å²) >= 11 is 0. The first kappa shape index (κ1) is 16.9. The minimum absolute atomic E-state index is 0.116. The van der Waals surface area contributed by atoms with Crippen LogP contribution >= 0.6 is 0 Å². The molecule has 6 heteroatoms. The zero-order valence-corrected chi connectivity index (χ0v) is 14.6. The van der Waals surface area contributed by atoms with E-state index in [0.29, 0.717) is 17.8 Å². The SMILES string of the molecule is COC(=O)c1cc(-c2ccc3cnn(Cc4ccccc4)c3n2)ccc1F. The highest BCUT2D eigenvalue weighted by atomic mass is 19.1. The van der Waals surface area contributed by atoms with Gasteiger partial charge in [0, 0.05) is 10.9 Å². The van der Waals surface area contributed by atoms with Crippen LogP contribution in [0.4, 0.5) is 4.39 Å². The molecule has 2 heterocycles. The number of ether oxygens (including phenoxy) is 1. The highest BCUT2D eigenvalue weighted by Gasteiger charge is 2.15. The molecule has 0 unspecified atom stereocenters. The molecule has 0 bridgehead atoms. The fourth-order valence-corrected chi connectivity index (χ4v) is 2.94. The van der Waals surface area contributed by atoms with Crippen molar-refractivity contribution in [2.75, 3.05) is 7.11 Å². The predicted octanol–water partition coefficient (Wildman–Crippen LogP) is 4.07. The van der Waals surface area contributed by atoms with Gasteiger partial charge in [0.1, 0.15) is 5.82 Å². The van der Waals surface area contributed by atoms with Crippen molar-refractivity contribution in [1.29, 1.82) is 0 Å². The zero-order chi connectivity index (χ0) is 18.8. The van der Waals surface area contributed by atoms with Crippen molar-refractivity contribution in [3.8, 4) is 11.3 Å². The second kappa shape index (κ2) is 6.99. The first-order chi connectivity index (χ1) is 13.2. The van der Waals surface area contributed by atoms with Crippen LogP contribution in [0.1, 0.15) is 15.9 Å². The molecule has 0 aliphatic heterocycles. The first-order valence-electron chi connectivity index (χ1n) is 8.40. The van der Waals surface area contributed by atoms with Gasteiger partial charge < -0.3 is 4.74 Å². The average molecular weight is 361 g/mol. The standard InChI is InChI=1S/C21H16FN3O2/c1-27-21(26)17-11-15(7-9-18(17)22)19-10-8-16-12-23-25(20(16)24-19)13-14-5-3-2-4-6-14/h2-12H,13H2,1H3. The molecular formula is C21H16FN3O2. The molecule has 0 aliphatic carbocycles. The van der Waals surface area contributed by atoms with Crippen LogP contribution < -0.4 is 0 Å². The van der Waals surface area contributed by atoms with E-state index in [4.69, 9.17) is 0 Å². The lowest BCUT2D eigenvalue weighted by molar-refractivity contribution is 0.0595. The summed E-state index contributed by atoms with van der Waals surface area (Å²) in [4.78, 5) is 16.4. The van der Waals surface area contributed by atoms with Gasteiger partial charge in [-0.05, 0) is 35.9 Å². The van der Waals surface area contributed by atoms with Crippen molar-refractivity contribution in [2.24, 2.45) is 0 Å². The fourth-order valence-electron chi connectivity index (χ4n) is 2.94. The Bertz CT molecular complexity index is 1120. The Balaban J connectivity index is 1.75. The van der Waals surface area contributed by atoms with E-state index in [-0.39, 0.29) is 5.56 Å². The number of fused-ring (bicyclic) bond motifs is 1. The Labute approximate surface area is 155 Å². The number of carbonyl (C=O) groups excluding carboxylic acids is 1. The predicted molar refractivity (Wildman–Crippen MR) is 99.8 cm³/mol. The highest BCUT2D eigenvalue weighted by Crippen LogP contribution is 2.24. The van der Waals surface area contributed by atoms with Gasteiger partial charge in [0.25, 0.3) is 0 Å². The number of methoxy groups -OCH3 is 1. The Morgan fingerprint density at radius 2 is 1.93 bits per heavy atom. The zero-order valence-electron chi connectivity index (χ0n) is 14.6. The molecule has 0 radical (unpaired) electrons. The van der Waals surface area contributed by atoms with Gasteiger partial charge in [0.05, 0.1) is 31.1 Å². The van der Waals surface area contributed by atoms with E-state index in [0.717, 1.165) is 16.6 Å². The summed E-state index contributed by atoms with van der Waals surface area (Å²) in [6, 6.07) is 18.0. The number of nitrogens with zero attached hydrogens (tertiary/aromatic N) is 3. The van der Waals surface area contributed by atoms with Crippen LogP contribution in [0.15, 0.2) is 66.9 Å². The average Bonchev–Trinajstić information content (AvgIpc) is 3.10. The summed E-state index contributed by atoms with van der Waals surface area (Å²) in [5.74, 6) is -1.34. The smallest absolute Gasteiger partial charge is 0.340 e. The summed E-state index contributed by atoms with van der Waals surface area (Å²) in [5.41, 5.74) is 2.98. The van der Waals surface area contributed by atoms with Crippen molar-refractivity contribution in [3.05, 3.63) is 83.8 Å². The topological polar surface area (TPSA) is 57.0 Å². The minimum atomic E-state index is -0.718. The first-order valence-corrected chi connectivity index (χ1v) is 8.40. The molecule has 2 aromatic heterocycles. The molecule has 5 nitrogen and oxygen atoms in total. The molecule has 27 heavy (non-hydrogen) atoms. The van der Waals surface area contributed by atoms with E-state index >= 15 is 0 Å². The normalized spacial score (nSPS) is 10.9. The van der Waals surface area contributed by atoms with Gasteiger partial charge >= 0.3 is 5.97 Å². The van der Waals surface area contributed by atoms with E-state index in [2.05, 4.69) is 14.8 Å². The van der Waals surface area contributed by atoms with Gasteiger partial charge in [0.2, 0.25) is 0 Å². The molecule has 0 saturated heterocycles. The van der Waals surface area contributed by atoms with Crippen LogP contribution in [0.2, 0.25) is 0 Å². The largest absolute Gasteiger partial charge is 0.465 e. The maximum atomic E-state index is 13.9. The summed E-state index contributed by atoms with van der Waals surface area (Å²) in [6.07, 6.45) is 1.76. The van der Waals surface area contributed by atoms with Gasteiger partial charge in [-0.15, -0.1) is 0 Å². The number of halogens is 1. The number of rotatable bonds is 4. The lowest BCUT2D eigenvalue weighted by Crippen LogP contribution is -2.05. The third kappa shape index (κ3) is 3.29. The molecule has 134 valence electrons. The van der Waals surface area contributed by atoms with Crippen molar-refractivity contribution in [2.45, 2.75) is 6.54 Å². The van der Waals surface area contributed by atoms with Crippen molar-refractivity contribution >= 4 is 17.0 Å². The summed E-state index contributed by atoms with van der Waals surface area (Å²) in [6.45, 7) is 0.595. The number of hydrogen-bond donors (Lipinski definition) is 0. The molecule has 0 spiro atoms. The van der Waals surface area contributed by atoms with Crippen molar-refractivity contribution in [3.63, 3.8) is 0 Å². The van der Waals surface area contributed by atoms with Crippen LogP contribution in [-0.2, 0) is 11.3 Å². The molecule has 0 amide bonds. The summed E-state index contributed by atoms with van der Waals surface area (Å²) in [5, 5.41) is 5.33.